The molecule has 0 aliphatic rings. The van der Waals surface area contributed by atoms with E-state index in [9.17, 15) is 0 Å². The second-order valence-corrected chi connectivity index (χ2v) is 7.83. The van der Waals surface area contributed by atoms with E-state index in [4.69, 9.17) is 23.2 Å². The number of aliphatic imine (C=N–C) groups is 1. The molecule has 1 heterocycles. The Bertz CT molecular complexity index is 867. The highest BCUT2D eigenvalue weighted by Gasteiger charge is 2.05. The molecule has 0 radical (unpaired) electrons. The number of hydrogen-bond acceptors (Lipinski definition) is 4. The van der Waals surface area contributed by atoms with Gasteiger partial charge in [0, 0.05) is 47.7 Å². The smallest absolute Gasteiger partial charge is 0.0901 e. The maximum absolute atomic E-state index is 5.87. The third-order valence-electron chi connectivity index (χ3n) is 4.11. The van der Waals surface area contributed by atoms with E-state index in [0.717, 1.165) is 46.3 Å². The molecule has 0 aliphatic carbocycles. The van der Waals surface area contributed by atoms with E-state index in [1.807, 2.05) is 25.3 Å². The minimum absolute atomic E-state index is 0.580. The number of halogens is 2. The van der Waals surface area contributed by atoms with Gasteiger partial charge in [-0.3, -0.25) is 4.99 Å². The summed E-state index contributed by atoms with van der Waals surface area (Å²) < 4.78 is 0. The fourth-order valence-corrected chi connectivity index (χ4v) is 3.74. The summed E-state index contributed by atoms with van der Waals surface area (Å²) in [7, 11) is 0. The van der Waals surface area contributed by atoms with E-state index in [-0.39, 0.29) is 0 Å². The molecule has 0 saturated heterocycles. The number of thiazole rings is 1. The fourth-order valence-electron chi connectivity index (χ4n) is 2.71. The van der Waals surface area contributed by atoms with Crippen LogP contribution in [0, 0.1) is 6.92 Å². The predicted octanol–water partition coefficient (Wildman–Crippen LogP) is 6.15. The number of aromatic nitrogens is 1. The topological polar surface area (TPSA) is 28.5 Å². The lowest BCUT2D eigenvalue weighted by molar-refractivity contribution is 0.874. The first-order chi connectivity index (χ1) is 13.2. The molecule has 27 heavy (non-hydrogen) atoms. The molecule has 0 saturated carbocycles. The van der Waals surface area contributed by atoms with Crippen molar-refractivity contribution in [2.75, 3.05) is 29.7 Å². The molecule has 1 aromatic heterocycles. The molecule has 0 bridgehead atoms. The van der Waals surface area contributed by atoms with Gasteiger partial charge in [-0.1, -0.05) is 24.3 Å². The largest absolute Gasteiger partial charge is 0.369 e. The Morgan fingerprint density at radius 2 is 1.67 bits per heavy atom. The Hall–Kier alpha value is -1.88. The molecule has 3 rings (SSSR count). The number of alkyl halides is 2. The van der Waals surface area contributed by atoms with Crippen molar-refractivity contribution in [3.05, 3.63) is 64.5 Å². The summed E-state index contributed by atoms with van der Waals surface area (Å²) in [5.41, 5.74) is 5.22. The first-order valence-electron chi connectivity index (χ1n) is 8.73. The van der Waals surface area contributed by atoms with Crippen LogP contribution in [0.15, 0.2) is 58.9 Å². The van der Waals surface area contributed by atoms with Gasteiger partial charge < -0.3 is 4.90 Å². The van der Waals surface area contributed by atoms with E-state index in [2.05, 4.69) is 56.7 Å². The molecule has 3 aromatic rings. The van der Waals surface area contributed by atoms with Crippen LogP contribution in [0.3, 0.4) is 0 Å². The van der Waals surface area contributed by atoms with E-state index in [1.165, 1.54) is 0 Å². The van der Waals surface area contributed by atoms with Crippen LogP contribution in [0.4, 0.5) is 11.4 Å². The molecule has 0 aliphatic heterocycles. The second kappa shape index (κ2) is 9.88. The summed E-state index contributed by atoms with van der Waals surface area (Å²) in [4.78, 5) is 11.3. The maximum atomic E-state index is 5.87. The lowest BCUT2D eigenvalue weighted by Crippen LogP contribution is -2.27. The molecule has 0 atom stereocenters. The Morgan fingerprint density at radius 1 is 1.00 bits per heavy atom. The zero-order valence-corrected chi connectivity index (χ0v) is 17.4. The number of benzene rings is 2. The van der Waals surface area contributed by atoms with Crippen LogP contribution in [0.5, 0.6) is 0 Å². The maximum Gasteiger partial charge on any atom is 0.0901 e. The monoisotopic (exact) mass is 417 g/mol. The van der Waals surface area contributed by atoms with E-state index in [0.29, 0.717) is 11.8 Å². The van der Waals surface area contributed by atoms with Gasteiger partial charge in [-0.15, -0.1) is 34.5 Å². The number of nitrogens with zero attached hydrogens (tertiary/aromatic N) is 3. The molecule has 0 unspecified atom stereocenters. The third-order valence-corrected chi connectivity index (χ3v) is 5.22. The SMILES string of the molecule is Cc1nc(-c2ccc(N=Cc3ccc(N(CCCl)CCCl)cc3)cc2)cs1. The van der Waals surface area contributed by atoms with E-state index < -0.39 is 0 Å². The zero-order valence-electron chi connectivity index (χ0n) is 15.1. The number of aryl methyl sites for hydroxylation is 1. The summed E-state index contributed by atoms with van der Waals surface area (Å²) >= 11 is 13.4. The van der Waals surface area contributed by atoms with Gasteiger partial charge in [0.15, 0.2) is 0 Å². The lowest BCUT2D eigenvalue weighted by Gasteiger charge is -2.22. The van der Waals surface area contributed by atoms with Gasteiger partial charge in [-0.25, -0.2) is 4.98 Å². The standard InChI is InChI=1S/C21H21Cl2N3S/c1-16-25-21(15-27-16)18-4-6-19(7-5-18)24-14-17-2-8-20(9-3-17)26(12-10-22)13-11-23/h2-9,14-15H,10-13H2,1H3. The van der Waals surface area contributed by atoms with Gasteiger partial charge in [0.1, 0.15) is 0 Å². The van der Waals surface area contributed by atoms with Crippen LogP contribution in [-0.4, -0.2) is 36.0 Å². The van der Waals surface area contributed by atoms with Crippen LogP contribution < -0.4 is 4.90 Å². The average molecular weight is 418 g/mol. The Balaban J connectivity index is 1.66. The summed E-state index contributed by atoms with van der Waals surface area (Å²) in [5.74, 6) is 1.16. The minimum Gasteiger partial charge on any atom is -0.369 e. The van der Waals surface area contributed by atoms with Crippen molar-refractivity contribution < 1.29 is 0 Å². The van der Waals surface area contributed by atoms with Gasteiger partial charge in [-0.05, 0) is 36.8 Å². The van der Waals surface area contributed by atoms with Gasteiger partial charge in [0.25, 0.3) is 0 Å². The number of anilines is 1. The molecule has 0 spiro atoms. The molecule has 140 valence electrons. The molecule has 0 fully saturated rings. The van der Waals surface area contributed by atoms with Crippen LogP contribution in [0.25, 0.3) is 11.3 Å². The quantitative estimate of drug-likeness (QED) is 0.324. The Kier molecular flexibility index (Phi) is 7.27. The first kappa shape index (κ1) is 19.9. The summed E-state index contributed by atoms with van der Waals surface area (Å²) in [6, 6.07) is 16.4. The van der Waals surface area contributed by atoms with Crippen LogP contribution in [0.1, 0.15) is 10.6 Å². The number of hydrogen-bond donors (Lipinski definition) is 0. The molecule has 0 amide bonds. The third kappa shape index (κ3) is 5.55. The van der Waals surface area contributed by atoms with Crippen molar-refractivity contribution in [3.8, 4) is 11.3 Å². The highest BCUT2D eigenvalue weighted by molar-refractivity contribution is 7.09. The van der Waals surface area contributed by atoms with Crippen molar-refractivity contribution in [2.24, 2.45) is 4.99 Å². The van der Waals surface area contributed by atoms with Crippen molar-refractivity contribution in [1.82, 2.24) is 4.98 Å². The van der Waals surface area contributed by atoms with E-state index >= 15 is 0 Å². The highest BCUT2D eigenvalue weighted by atomic mass is 35.5. The molecule has 0 N–H and O–H groups in total. The molecule has 6 heteroatoms. The van der Waals surface area contributed by atoms with Gasteiger partial charge in [0.2, 0.25) is 0 Å². The number of rotatable bonds is 8. The second-order valence-electron chi connectivity index (χ2n) is 6.01. The van der Waals surface area contributed by atoms with Crippen molar-refractivity contribution >= 4 is 52.1 Å². The van der Waals surface area contributed by atoms with Crippen LogP contribution in [0.2, 0.25) is 0 Å². The van der Waals surface area contributed by atoms with Crippen LogP contribution >= 0.6 is 34.5 Å². The van der Waals surface area contributed by atoms with Crippen LogP contribution in [-0.2, 0) is 0 Å². The van der Waals surface area contributed by atoms with Crippen molar-refractivity contribution in [2.45, 2.75) is 6.92 Å². The van der Waals surface area contributed by atoms with Crippen molar-refractivity contribution in [1.29, 1.82) is 0 Å². The van der Waals surface area contributed by atoms with Gasteiger partial charge in [-0.2, -0.15) is 0 Å². The molecular weight excluding hydrogens is 397 g/mol. The minimum atomic E-state index is 0.580. The van der Waals surface area contributed by atoms with Gasteiger partial charge in [0.05, 0.1) is 16.4 Å². The summed E-state index contributed by atoms with van der Waals surface area (Å²) in [6.07, 6.45) is 1.87. The Labute approximate surface area is 174 Å². The van der Waals surface area contributed by atoms with Crippen molar-refractivity contribution in [3.63, 3.8) is 0 Å². The fraction of sp³-hybridized carbons (Fsp3) is 0.238. The first-order valence-corrected chi connectivity index (χ1v) is 10.7. The Morgan fingerprint density at radius 3 is 2.22 bits per heavy atom. The normalized spacial score (nSPS) is 11.2. The molecule has 2 aromatic carbocycles. The highest BCUT2D eigenvalue weighted by Crippen LogP contribution is 2.24. The predicted molar refractivity (Wildman–Crippen MR) is 120 cm³/mol. The lowest BCUT2D eigenvalue weighted by atomic mass is 10.1. The average Bonchev–Trinajstić information content (AvgIpc) is 3.13. The molecular formula is C21H21Cl2N3S. The molecule has 3 nitrogen and oxygen atoms in total. The zero-order chi connectivity index (χ0) is 19.1. The summed E-state index contributed by atoms with van der Waals surface area (Å²) in [5, 5.41) is 3.15. The summed E-state index contributed by atoms with van der Waals surface area (Å²) in [6.45, 7) is 3.59. The van der Waals surface area contributed by atoms with Gasteiger partial charge >= 0.3 is 0 Å². The van der Waals surface area contributed by atoms with E-state index in [1.54, 1.807) is 11.3 Å².